The number of nitrogens with zero attached hydrogens (tertiary/aromatic N) is 2. The first-order chi connectivity index (χ1) is 11.9. The molecule has 2 aromatic rings. The molecule has 0 radical (unpaired) electrons. The number of carbonyl (C=O) groups is 1. The average molecular weight is 386 g/mol. The van der Waals surface area contributed by atoms with Gasteiger partial charge >= 0.3 is 5.97 Å². The third-order valence-corrected chi connectivity index (χ3v) is 3.79. The number of methoxy groups -OCH3 is 2. The van der Waals surface area contributed by atoms with Crippen LogP contribution in [0.15, 0.2) is 24.8 Å². The molecule has 2 rings (SSSR count). The molecule has 0 amide bonds. The van der Waals surface area contributed by atoms with E-state index in [2.05, 4.69) is 26.6 Å². The second kappa shape index (κ2) is 8.13. The van der Waals surface area contributed by atoms with Crippen molar-refractivity contribution in [3.05, 3.63) is 46.3 Å². The summed E-state index contributed by atoms with van der Waals surface area (Å²) in [6.07, 6.45) is 1.57. The highest BCUT2D eigenvalue weighted by molar-refractivity contribution is 6.35. The Bertz CT molecular complexity index is 831. The summed E-state index contributed by atoms with van der Waals surface area (Å²) >= 11 is 12.0. The van der Waals surface area contributed by atoms with E-state index in [9.17, 15) is 9.18 Å². The highest BCUT2D eigenvalue weighted by Crippen LogP contribution is 2.35. The van der Waals surface area contributed by atoms with Crippen LogP contribution in [-0.2, 0) is 4.74 Å². The van der Waals surface area contributed by atoms with Gasteiger partial charge in [0.05, 0.1) is 24.8 Å². The molecule has 0 saturated carbocycles. The first kappa shape index (κ1) is 19.0. The van der Waals surface area contributed by atoms with Crippen molar-refractivity contribution in [1.82, 2.24) is 9.97 Å². The van der Waals surface area contributed by atoms with Gasteiger partial charge in [0.2, 0.25) is 0 Å². The molecule has 0 saturated heterocycles. The summed E-state index contributed by atoms with van der Waals surface area (Å²) < 4.78 is 24.3. The van der Waals surface area contributed by atoms with Crippen molar-refractivity contribution >= 4 is 35.0 Å². The van der Waals surface area contributed by atoms with Crippen LogP contribution in [0.5, 0.6) is 5.75 Å². The van der Waals surface area contributed by atoms with Crippen molar-refractivity contribution in [2.75, 3.05) is 26.1 Å². The number of hydrogen-bond acceptors (Lipinski definition) is 6. The quantitative estimate of drug-likeness (QED) is 0.598. The Labute approximate surface area is 153 Å². The van der Waals surface area contributed by atoms with Gasteiger partial charge in [-0.2, -0.15) is 0 Å². The first-order valence-corrected chi connectivity index (χ1v) is 7.73. The number of esters is 1. The molecule has 0 aliphatic rings. The van der Waals surface area contributed by atoms with Gasteiger partial charge in [0.1, 0.15) is 10.8 Å². The number of carbonyl (C=O) groups excluding carboxylic acids is 1. The van der Waals surface area contributed by atoms with Crippen LogP contribution < -0.4 is 10.1 Å². The van der Waals surface area contributed by atoms with E-state index < -0.39 is 11.8 Å². The van der Waals surface area contributed by atoms with Crippen molar-refractivity contribution < 1.29 is 18.7 Å². The standard InChI is InChI=1S/C16H14Cl2FN3O3/c1-4-7-20-15-10(18)12(16(23)25-3)21-14(22-15)8-5-6-9(17)13(24-2)11(8)19/h4-6H,1,7H2,2-3H3,(H,20,21,22). The van der Waals surface area contributed by atoms with Gasteiger partial charge in [-0.25, -0.2) is 19.2 Å². The molecule has 0 spiro atoms. The average Bonchev–Trinajstić information content (AvgIpc) is 2.61. The van der Waals surface area contributed by atoms with E-state index in [1.54, 1.807) is 6.08 Å². The first-order valence-electron chi connectivity index (χ1n) is 6.97. The van der Waals surface area contributed by atoms with Crippen LogP contribution in [0.3, 0.4) is 0 Å². The summed E-state index contributed by atoms with van der Waals surface area (Å²) in [5.41, 5.74) is -0.209. The van der Waals surface area contributed by atoms with Crippen LogP contribution in [0.4, 0.5) is 10.2 Å². The fraction of sp³-hybridized carbons (Fsp3) is 0.188. The maximum Gasteiger partial charge on any atom is 0.358 e. The summed E-state index contributed by atoms with van der Waals surface area (Å²) in [5.74, 6) is -1.64. The number of aromatic nitrogens is 2. The van der Waals surface area contributed by atoms with E-state index >= 15 is 0 Å². The Morgan fingerprint density at radius 2 is 2.08 bits per heavy atom. The number of halogens is 3. The fourth-order valence-corrected chi connectivity index (χ4v) is 2.43. The molecular formula is C16H14Cl2FN3O3. The molecule has 0 aliphatic heterocycles. The number of hydrogen-bond donors (Lipinski definition) is 1. The summed E-state index contributed by atoms with van der Waals surface area (Å²) in [7, 11) is 2.47. The van der Waals surface area contributed by atoms with Crippen LogP contribution in [0.1, 0.15) is 10.5 Å². The topological polar surface area (TPSA) is 73.3 Å². The molecular weight excluding hydrogens is 372 g/mol. The number of rotatable bonds is 6. The summed E-state index contributed by atoms with van der Waals surface area (Å²) in [6, 6.07) is 2.81. The lowest BCUT2D eigenvalue weighted by molar-refractivity contribution is 0.0594. The SMILES string of the molecule is C=CCNc1nc(-c2ccc(Cl)c(OC)c2F)nc(C(=O)OC)c1Cl. The van der Waals surface area contributed by atoms with Crippen molar-refractivity contribution in [1.29, 1.82) is 0 Å². The highest BCUT2D eigenvalue weighted by Gasteiger charge is 2.23. The lowest BCUT2D eigenvalue weighted by atomic mass is 10.1. The molecule has 0 bridgehead atoms. The normalized spacial score (nSPS) is 10.3. The van der Waals surface area contributed by atoms with Gasteiger partial charge in [-0.1, -0.05) is 29.3 Å². The van der Waals surface area contributed by atoms with Crippen molar-refractivity contribution in [3.63, 3.8) is 0 Å². The van der Waals surface area contributed by atoms with Crippen LogP contribution in [-0.4, -0.2) is 36.7 Å². The van der Waals surface area contributed by atoms with Crippen LogP contribution >= 0.6 is 23.2 Å². The van der Waals surface area contributed by atoms with Crippen molar-refractivity contribution in [2.45, 2.75) is 0 Å². The molecule has 0 aliphatic carbocycles. The summed E-state index contributed by atoms with van der Waals surface area (Å²) in [5, 5.41) is 2.91. The summed E-state index contributed by atoms with van der Waals surface area (Å²) in [6.45, 7) is 3.90. The van der Waals surface area contributed by atoms with E-state index in [1.807, 2.05) is 0 Å². The van der Waals surface area contributed by atoms with Crippen molar-refractivity contribution in [2.24, 2.45) is 0 Å². The Balaban J connectivity index is 2.69. The Morgan fingerprint density at radius 3 is 2.68 bits per heavy atom. The second-order valence-corrected chi connectivity index (χ2v) is 5.45. The van der Waals surface area contributed by atoms with E-state index in [4.69, 9.17) is 27.9 Å². The molecule has 25 heavy (non-hydrogen) atoms. The molecule has 1 aromatic heterocycles. The van der Waals surface area contributed by atoms with Gasteiger partial charge in [0, 0.05) is 6.54 Å². The highest BCUT2D eigenvalue weighted by atomic mass is 35.5. The Hall–Kier alpha value is -2.38. The van der Waals surface area contributed by atoms with E-state index in [1.165, 1.54) is 26.4 Å². The third-order valence-electron chi connectivity index (χ3n) is 3.14. The Morgan fingerprint density at radius 1 is 1.36 bits per heavy atom. The van der Waals surface area contributed by atoms with Gasteiger partial charge in [0.25, 0.3) is 0 Å². The maximum absolute atomic E-state index is 14.6. The van der Waals surface area contributed by atoms with Gasteiger partial charge in [-0.15, -0.1) is 6.58 Å². The van der Waals surface area contributed by atoms with Crippen LogP contribution in [0.25, 0.3) is 11.4 Å². The zero-order valence-corrected chi connectivity index (χ0v) is 14.9. The number of ether oxygens (including phenoxy) is 2. The molecule has 1 heterocycles. The number of nitrogens with one attached hydrogen (secondary N) is 1. The predicted octanol–water partition coefficient (Wildman–Crippen LogP) is 3.98. The smallest absolute Gasteiger partial charge is 0.358 e. The summed E-state index contributed by atoms with van der Waals surface area (Å²) in [4.78, 5) is 20.1. The van der Waals surface area contributed by atoms with Gasteiger partial charge < -0.3 is 14.8 Å². The monoisotopic (exact) mass is 385 g/mol. The molecule has 0 atom stereocenters. The molecule has 132 valence electrons. The molecule has 6 nitrogen and oxygen atoms in total. The lowest BCUT2D eigenvalue weighted by Gasteiger charge is -2.13. The Kier molecular flexibility index (Phi) is 6.17. The lowest BCUT2D eigenvalue weighted by Crippen LogP contribution is -2.12. The molecule has 1 N–H and O–H groups in total. The van der Waals surface area contributed by atoms with Crippen LogP contribution in [0.2, 0.25) is 10.0 Å². The van der Waals surface area contributed by atoms with Crippen molar-refractivity contribution in [3.8, 4) is 17.1 Å². The maximum atomic E-state index is 14.6. The van der Waals surface area contributed by atoms with Gasteiger partial charge in [0.15, 0.2) is 23.1 Å². The predicted molar refractivity (Wildman–Crippen MR) is 94.0 cm³/mol. The van der Waals surface area contributed by atoms with E-state index in [0.717, 1.165) is 0 Å². The third kappa shape index (κ3) is 3.83. The van der Waals surface area contributed by atoms with E-state index in [-0.39, 0.29) is 38.7 Å². The zero-order valence-electron chi connectivity index (χ0n) is 13.4. The minimum absolute atomic E-state index is 0.00952. The second-order valence-electron chi connectivity index (χ2n) is 4.66. The molecule has 9 heteroatoms. The van der Waals surface area contributed by atoms with Crippen LogP contribution in [0, 0.1) is 5.82 Å². The largest absolute Gasteiger partial charge is 0.492 e. The van der Waals surface area contributed by atoms with Gasteiger partial charge in [-0.05, 0) is 12.1 Å². The molecule has 0 unspecified atom stereocenters. The number of anilines is 1. The van der Waals surface area contributed by atoms with E-state index in [0.29, 0.717) is 6.54 Å². The van der Waals surface area contributed by atoms with Gasteiger partial charge in [-0.3, -0.25) is 0 Å². The number of benzene rings is 1. The molecule has 0 fully saturated rings. The fourth-order valence-electron chi connectivity index (χ4n) is 1.98. The minimum Gasteiger partial charge on any atom is -0.492 e. The minimum atomic E-state index is -0.781. The zero-order chi connectivity index (χ0) is 18.6. The molecule has 1 aromatic carbocycles.